The lowest BCUT2D eigenvalue weighted by molar-refractivity contribution is 0.0594. The standard InChI is InChI=1S/C14H13N3O4/c1-20-12(18)11-7-8-15-13(16-11)17-14(19)21-9-10-5-3-2-4-6-10/h2-8H,9H2,1H3,(H,15,16,17,19). The molecule has 0 radical (unpaired) electrons. The van der Waals surface area contributed by atoms with Gasteiger partial charge in [-0.1, -0.05) is 30.3 Å². The predicted octanol–water partition coefficient (Wildman–Crippen LogP) is 2.01. The summed E-state index contributed by atoms with van der Waals surface area (Å²) in [7, 11) is 1.24. The Kier molecular flexibility index (Phi) is 4.81. The molecule has 1 aromatic carbocycles. The van der Waals surface area contributed by atoms with E-state index in [0.717, 1.165) is 5.56 Å². The molecule has 1 aromatic heterocycles. The number of carbonyl (C=O) groups excluding carboxylic acids is 2. The second-order valence-corrected chi connectivity index (χ2v) is 3.94. The summed E-state index contributed by atoms with van der Waals surface area (Å²) in [6.07, 6.45) is 0.632. The number of benzene rings is 1. The molecule has 21 heavy (non-hydrogen) atoms. The molecule has 0 spiro atoms. The molecule has 0 unspecified atom stereocenters. The Balaban J connectivity index is 1.92. The number of nitrogens with one attached hydrogen (secondary N) is 1. The Hall–Kier alpha value is -2.96. The van der Waals surface area contributed by atoms with Crippen molar-refractivity contribution in [2.45, 2.75) is 6.61 Å². The van der Waals surface area contributed by atoms with Crippen molar-refractivity contribution in [2.24, 2.45) is 0 Å². The highest BCUT2D eigenvalue weighted by atomic mass is 16.5. The second kappa shape index (κ2) is 6.99. The van der Waals surface area contributed by atoms with E-state index in [0.29, 0.717) is 0 Å². The predicted molar refractivity (Wildman–Crippen MR) is 73.6 cm³/mol. The third-order valence-corrected chi connectivity index (χ3v) is 2.48. The smallest absolute Gasteiger partial charge is 0.414 e. The summed E-state index contributed by atoms with van der Waals surface area (Å²) in [4.78, 5) is 30.6. The van der Waals surface area contributed by atoms with E-state index in [1.165, 1.54) is 19.4 Å². The molecule has 0 atom stereocenters. The first-order chi connectivity index (χ1) is 10.2. The van der Waals surface area contributed by atoms with Gasteiger partial charge in [-0.05, 0) is 11.6 Å². The SMILES string of the molecule is COC(=O)c1ccnc(NC(=O)OCc2ccccc2)n1. The van der Waals surface area contributed by atoms with Gasteiger partial charge in [0.1, 0.15) is 6.61 Å². The molecule has 2 rings (SSSR count). The minimum atomic E-state index is -0.708. The monoisotopic (exact) mass is 287 g/mol. The fourth-order valence-corrected chi connectivity index (χ4v) is 1.49. The highest BCUT2D eigenvalue weighted by molar-refractivity contribution is 5.88. The maximum Gasteiger partial charge on any atom is 0.414 e. The van der Waals surface area contributed by atoms with Crippen molar-refractivity contribution in [1.29, 1.82) is 0 Å². The Morgan fingerprint density at radius 3 is 2.67 bits per heavy atom. The van der Waals surface area contributed by atoms with Crippen molar-refractivity contribution in [2.75, 3.05) is 12.4 Å². The fourth-order valence-electron chi connectivity index (χ4n) is 1.49. The number of aromatic nitrogens is 2. The number of methoxy groups -OCH3 is 1. The van der Waals surface area contributed by atoms with Crippen molar-refractivity contribution in [3.63, 3.8) is 0 Å². The lowest BCUT2D eigenvalue weighted by Crippen LogP contribution is -2.16. The molecular formula is C14H13N3O4. The number of esters is 1. The third-order valence-electron chi connectivity index (χ3n) is 2.48. The molecule has 1 N–H and O–H groups in total. The average Bonchev–Trinajstić information content (AvgIpc) is 2.53. The van der Waals surface area contributed by atoms with Gasteiger partial charge >= 0.3 is 12.1 Å². The molecule has 0 saturated heterocycles. The van der Waals surface area contributed by atoms with Gasteiger partial charge in [-0.15, -0.1) is 0 Å². The van der Waals surface area contributed by atoms with Gasteiger partial charge < -0.3 is 9.47 Å². The van der Waals surface area contributed by atoms with E-state index in [4.69, 9.17) is 4.74 Å². The van der Waals surface area contributed by atoms with Gasteiger partial charge in [0.05, 0.1) is 7.11 Å². The van der Waals surface area contributed by atoms with Crippen molar-refractivity contribution in [3.05, 3.63) is 53.9 Å². The van der Waals surface area contributed by atoms with Gasteiger partial charge in [-0.25, -0.2) is 19.6 Å². The number of amides is 1. The molecule has 0 aliphatic rings. The van der Waals surface area contributed by atoms with Crippen molar-refractivity contribution in [3.8, 4) is 0 Å². The topological polar surface area (TPSA) is 90.4 Å². The molecule has 0 aliphatic heterocycles. The third kappa shape index (κ3) is 4.27. The molecule has 108 valence electrons. The average molecular weight is 287 g/mol. The molecule has 7 nitrogen and oxygen atoms in total. The molecule has 0 bridgehead atoms. The van der Waals surface area contributed by atoms with Crippen LogP contribution in [0.5, 0.6) is 0 Å². The normalized spacial score (nSPS) is 9.76. The van der Waals surface area contributed by atoms with E-state index in [1.54, 1.807) is 0 Å². The van der Waals surface area contributed by atoms with Crippen LogP contribution in [0.25, 0.3) is 0 Å². The van der Waals surface area contributed by atoms with Crippen LogP contribution in [0.2, 0.25) is 0 Å². The molecule has 0 aliphatic carbocycles. The van der Waals surface area contributed by atoms with E-state index in [2.05, 4.69) is 20.0 Å². The van der Waals surface area contributed by atoms with Crippen LogP contribution >= 0.6 is 0 Å². The van der Waals surface area contributed by atoms with Crippen LogP contribution < -0.4 is 5.32 Å². The van der Waals surface area contributed by atoms with E-state index in [1.807, 2.05) is 30.3 Å². The first kappa shape index (κ1) is 14.4. The van der Waals surface area contributed by atoms with Crippen LogP contribution in [0.3, 0.4) is 0 Å². The van der Waals surface area contributed by atoms with Gasteiger partial charge in [0.2, 0.25) is 5.95 Å². The summed E-state index contributed by atoms with van der Waals surface area (Å²) in [6, 6.07) is 10.6. The number of anilines is 1. The molecule has 7 heteroatoms. The van der Waals surface area contributed by atoms with Crippen LogP contribution in [0.15, 0.2) is 42.6 Å². The van der Waals surface area contributed by atoms with Gasteiger partial charge in [0, 0.05) is 6.20 Å². The largest absolute Gasteiger partial charge is 0.464 e. The number of rotatable bonds is 4. The van der Waals surface area contributed by atoms with Crippen LogP contribution in [0, 0.1) is 0 Å². The quantitative estimate of drug-likeness (QED) is 0.865. The Morgan fingerprint density at radius 1 is 1.19 bits per heavy atom. The minimum Gasteiger partial charge on any atom is -0.464 e. The summed E-state index contributed by atoms with van der Waals surface area (Å²) in [6.45, 7) is 0.128. The van der Waals surface area contributed by atoms with Crippen molar-refractivity contribution in [1.82, 2.24) is 9.97 Å². The second-order valence-electron chi connectivity index (χ2n) is 3.94. The van der Waals surface area contributed by atoms with Crippen LogP contribution in [-0.2, 0) is 16.1 Å². The number of nitrogens with zero attached hydrogens (tertiary/aromatic N) is 2. The van der Waals surface area contributed by atoms with Gasteiger partial charge in [0.25, 0.3) is 0 Å². The lowest BCUT2D eigenvalue weighted by Gasteiger charge is -2.06. The summed E-state index contributed by atoms with van der Waals surface area (Å²) in [5.74, 6) is -0.644. The molecule has 2 aromatic rings. The van der Waals surface area contributed by atoms with Crippen LogP contribution in [0.4, 0.5) is 10.7 Å². The molecule has 1 heterocycles. The first-order valence-corrected chi connectivity index (χ1v) is 6.08. The Bertz CT molecular complexity index is 631. The van der Waals surface area contributed by atoms with Crippen molar-refractivity contribution >= 4 is 18.0 Å². The highest BCUT2D eigenvalue weighted by Crippen LogP contribution is 2.04. The summed E-state index contributed by atoms with van der Waals surface area (Å²) in [5, 5.41) is 2.34. The Labute approximate surface area is 120 Å². The zero-order chi connectivity index (χ0) is 15.1. The van der Waals surface area contributed by atoms with Gasteiger partial charge in [-0.3, -0.25) is 5.32 Å². The highest BCUT2D eigenvalue weighted by Gasteiger charge is 2.11. The summed E-state index contributed by atoms with van der Waals surface area (Å²) >= 11 is 0. The fraction of sp³-hybridized carbons (Fsp3) is 0.143. The summed E-state index contributed by atoms with van der Waals surface area (Å²) in [5.41, 5.74) is 0.905. The molecular weight excluding hydrogens is 274 g/mol. The maximum absolute atomic E-state index is 11.6. The zero-order valence-corrected chi connectivity index (χ0v) is 11.3. The minimum absolute atomic E-state index is 0.0315. The van der Waals surface area contributed by atoms with Gasteiger partial charge in [-0.2, -0.15) is 0 Å². The number of hydrogen-bond acceptors (Lipinski definition) is 6. The van der Waals surface area contributed by atoms with E-state index in [9.17, 15) is 9.59 Å². The van der Waals surface area contributed by atoms with E-state index in [-0.39, 0.29) is 18.2 Å². The Morgan fingerprint density at radius 2 is 1.95 bits per heavy atom. The van der Waals surface area contributed by atoms with Crippen LogP contribution in [-0.4, -0.2) is 29.1 Å². The van der Waals surface area contributed by atoms with Crippen LogP contribution in [0.1, 0.15) is 16.1 Å². The van der Waals surface area contributed by atoms with E-state index < -0.39 is 12.1 Å². The lowest BCUT2D eigenvalue weighted by atomic mass is 10.2. The first-order valence-electron chi connectivity index (χ1n) is 6.08. The molecule has 0 saturated carbocycles. The molecule has 0 fully saturated rings. The number of carbonyl (C=O) groups is 2. The van der Waals surface area contributed by atoms with Gasteiger partial charge in [0.15, 0.2) is 5.69 Å². The van der Waals surface area contributed by atoms with Crippen molar-refractivity contribution < 1.29 is 19.1 Å². The number of hydrogen-bond donors (Lipinski definition) is 1. The van der Waals surface area contributed by atoms with E-state index >= 15 is 0 Å². The summed E-state index contributed by atoms with van der Waals surface area (Å²) < 4.78 is 9.54. The molecule has 1 amide bonds. The number of ether oxygens (including phenoxy) is 2. The zero-order valence-electron chi connectivity index (χ0n) is 11.3. The maximum atomic E-state index is 11.6.